The number of fused-ring (bicyclic) bond motifs is 1. The highest BCUT2D eigenvalue weighted by molar-refractivity contribution is 7.20. The van der Waals surface area contributed by atoms with Gasteiger partial charge in [-0.05, 0) is 24.6 Å². The molecule has 2 aromatic heterocycles. The molecule has 0 saturated carbocycles. The first kappa shape index (κ1) is 11.5. The molecule has 0 spiro atoms. The van der Waals surface area contributed by atoms with Crippen molar-refractivity contribution in [2.24, 2.45) is 0 Å². The molecule has 0 radical (unpaired) electrons. The molecule has 6 heteroatoms. The summed E-state index contributed by atoms with van der Waals surface area (Å²) < 4.78 is 1.79. The Labute approximate surface area is 113 Å². The third-order valence-electron chi connectivity index (χ3n) is 2.50. The van der Waals surface area contributed by atoms with Gasteiger partial charge in [-0.25, -0.2) is 9.50 Å². The average Bonchev–Trinajstić information content (AvgIpc) is 2.83. The Morgan fingerprint density at radius 2 is 2.33 bits per heavy atom. The molecular formula is C12H11ClN4S. The highest BCUT2D eigenvalue weighted by Crippen LogP contribution is 2.20. The van der Waals surface area contributed by atoms with Crippen molar-refractivity contribution in [2.75, 3.05) is 5.32 Å². The van der Waals surface area contributed by atoms with Crippen LogP contribution < -0.4 is 5.32 Å². The van der Waals surface area contributed by atoms with Crippen LogP contribution in [0.15, 0.2) is 30.5 Å². The van der Waals surface area contributed by atoms with Gasteiger partial charge in [0, 0.05) is 11.6 Å². The van der Waals surface area contributed by atoms with Crippen LogP contribution in [0.25, 0.3) is 4.96 Å². The lowest BCUT2D eigenvalue weighted by atomic mass is 10.2. The number of benzene rings is 1. The first-order valence-corrected chi connectivity index (χ1v) is 6.71. The fourth-order valence-electron chi connectivity index (χ4n) is 1.71. The zero-order valence-corrected chi connectivity index (χ0v) is 11.3. The summed E-state index contributed by atoms with van der Waals surface area (Å²) in [5.41, 5.74) is 2.11. The zero-order valence-electron chi connectivity index (χ0n) is 9.72. The van der Waals surface area contributed by atoms with E-state index in [1.54, 1.807) is 4.52 Å². The Bertz CT molecular complexity index is 657. The summed E-state index contributed by atoms with van der Waals surface area (Å²) in [6.45, 7) is 2.66. The monoisotopic (exact) mass is 278 g/mol. The summed E-state index contributed by atoms with van der Waals surface area (Å²) in [5.74, 6) is 0. The summed E-state index contributed by atoms with van der Waals surface area (Å²) >= 11 is 7.47. The molecule has 4 nitrogen and oxygen atoms in total. The van der Waals surface area contributed by atoms with Crippen molar-refractivity contribution in [3.8, 4) is 0 Å². The number of hydrogen-bond acceptors (Lipinski definition) is 4. The van der Waals surface area contributed by atoms with E-state index in [2.05, 4.69) is 15.4 Å². The highest BCUT2D eigenvalue weighted by atomic mass is 35.5. The molecular weight excluding hydrogens is 268 g/mol. The number of anilines is 1. The van der Waals surface area contributed by atoms with E-state index in [4.69, 9.17) is 11.6 Å². The molecule has 3 rings (SSSR count). The van der Waals surface area contributed by atoms with Crippen molar-refractivity contribution in [2.45, 2.75) is 13.5 Å². The fourth-order valence-corrected chi connectivity index (χ4v) is 2.74. The van der Waals surface area contributed by atoms with Gasteiger partial charge in [0.2, 0.25) is 10.1 Å². The smallest absolute Gasteiger partial charge is 0.214 e. The van der Waals surface area contributed by atoms with Crippen molar-refractivity contribution < 1.29 is 0 Å². The number of nitrogens with zero attached hydrogens (tertiary/aromatic N) is 3. The Kier molecular flexibility index (Phi) is 2.93. The van der Waals surface area contributed by atoms with E-state index in [-0.39, 0.29) is 0 Å². The molecule has 0 aliphatic rings. The SMILES string of the molecule is Cc1cn2nc(NCc3cccc(Cl)c3)sc2n1. The van der Waals surface area contributed by atoms with Crippen molar-refractivity contribution in [1.29, 1.82) is 0 Å². The van der Waals surface area contributed by atoms with Crippen LogP contribution in [0.4, 0.5) is 5.13 Å². The summed E-state index contributed by atoms with van der Waals surface area (Å²) in [6, 6.07) is 7.78. The average molecular weight is 279 g/mol. The maximum Gasteiger partial charge on any atom is 0.214 e. The number of nitrogens with one attached hydrogen (secondary N) is 1. The van der Waals surface area contributed by atoms with E-state index in [9.17, 15) is 0 Å². The lowest BCUT2D eigenvalue weighted by Gasteiger charge is -2.02. The molecule has 0 bridgehead atoms. The number of rotatable bonds is 3. The third kappa shape index (κ3) is 2.32. The first-order chi connectivity index (χ1) is 8.70. The van der Waals surface area contributed by atoms with E-state index in [0.29, 0.717) is 6.54 Å². The van der Waals surface area contributed by atoms with Gasteiger partial charge >= 0.3 is 0 Å². The van der Waals surface area contributed by atoms with Crippen LogP contribution >= 0.6 is 22.9 Å². The van der Waals surface area contributed by atoms with Gasteiger partial charge < -0.3 is 5.32 Å². The molecule has 0 aliphatic heterocycles. The molecule has 0 aliphatic carbocycles. The van der Waals surface area contributed by atoms with Crippen LogP contribution in [0.5, 0.6) is 0 Å². The Hall–Kier alpha value is -1.59. The second-order valence-electron chi connectivity index (χ2n) is 4.00. The molecule has 0 saturated heterocycles. The summed E-state index contributed by atoms with van der Waals surface area (Å²) in [5, 5.41) is 9.28. The van der Waals surface area contributed by atoms with Crippen LogP contribution in [0, 0.1) is 6.92 Å². The van der Waals surface area contributed by atoms with E-state index in [1.807, 2.05) is 37.4 Å². The van der Waals surface area contributed by atoms with E-state index >= 15 is 0 Å². The van der Waals surface area contributed by atoms with Gasteiger partial charge in [-0.15, -0.1) is 5.10 Å². The van der Waals surface area contributed by atoms with Crippen molar-refractivity contribution in [1.82, 2.24) is 14.6 Å². The quantitative estimate of drug-likeness (QED) is 0.799. The second kappa shape index (κ2) is 4.59. The highest BCUT2D eigenvalue weighted by Gasteiger charge is 2.05. The molecule has 18 heavy (non-hydrogen) atoms. The van der Waals surface area contributed by atoms with Gasteiger partial charge in [-0.2, -0.15) is 0 Å². The largest absolute Gasteiger partial charge is 0.356 e. The number of aryl methyl sites for hydroxylation is 1. The van der Waals surface area contributed by atoms with E-state index in [1.165, 1.54) is 11.3 Å². The van der Waals surface area contributed by atoms with Crippen LogP contribution in [0.1, 0.15) is 11.3 Å². The summed E-state index contributed by atoms with van der Waals surface area (Å²) in [7, 11) is 0. The molecule has 2 heterocycles. The predicted octanol–water partition coefficient (Wildman–Crippen LogP) is 3.36. The molecule has 0 atom stereocenters. The number of imidazole rings is 1. The Morgan fingerprint density at radius 1 is 1.44 bits per heavy atom. The summed E-state index contributed by atoms with van der Waals surface area (Å²) in [6.07, 6.45) is 1.91. The van der Waals surface area contributed by atoms with E-state index in [0.717, 1.165) is 26.4 Å². The Morgan fingerprint density at radius 3 is 3.11 bits per heavy atom. The predicted molar refractivity (Wildman–Crippen MR) is 74.4 cm³/mol. The number of hydrogen-bond donors (Lipinski definition) is 1. The van der Waals surface area contributed by atoms with Gasteiger partial charge in [-0.3, -0.25) is 0 Å². The minimum absolute atomic E-state index is 0.705. The maximum atomic E-state index is 5.94. The number of aromatic nitrogens is 3. The number of halogens is 1. The lowest BCUT2D eigenvalue weighted by Crippen LogP contribution is -1.99. The maximum absolute atomic E-state index is 5.94. The summed E-state index contributed by atoms with van der Waals surface area (Å²) in [4.78, 5) is 5.26. The molecule has 1 aromatic carbocycles. The Balaban J connectivity index is 1.74. The molecule has 0 amide bonds. The van der Waals surface area contributed by atoms with E-state index < -0.39 is 0 Å². The first-order valence-electron chi connectivity index (χ1n) is 5.52. The van der Waals surface area contributed by atoms with Gasteiger partial charge in [-0.1, -0.05) is 35.1 Å². The van der Waals surface area contributed by atoms with Crippen molar-refractivity contribution in [3.63, 3.8) is 0 Å². The molecule has 0 fully saturated rings. The topological polar surface area (TPSA) is 42.2 Å². The molecule has 3 aromatic rings. The van der Waals surface area contributed by atoms with Crippen LogP contribution in [0.3, 0.4) is 0 Å². The van der Waals surface area contributed by atoms with Gasteiger partial charge in [0.05, 0.1) is 11.9 Å². The van der Waals surface area contributed by atoms with Gasteiger partial charge in [0.15, 0.2) is 0 Å². The standard InChI is InChI=1S/C12H11ClN4S/c1-8-7-17-12(15-8)18-11(16-17)14-6-9-3-2-4-10(13)5-9/h2-5,7H,6H2,1H3,(H,14,16). The minimum Gasteiger partial charge on any atom is -0.356 e. The molecule has 1 N–H and O–H groups in total. The van der Waals surface area contributed by atoms with Crippen LogP contribution in [-0.4, -0.2) is 14.6 Å². The normalized spacial score (nSPS) is 11.0. The fraction of sp³-hybridized carbons (Fsp3) is 0.167. The zero-order chi connectivity index (χ0) is 12.5. The van der Waals surface area contributed by atoms with Crippen molar-refractivity contribution >= 4 is 33.0 Å². The van der Waals surface area contributed by atoms with Crippen molar-refractivity contribution in [3.05, 3.63) is 46.7 Å². The molecule has 92 valence electrons. The minimum atomic E-state index is 0.705. The van der Waals surface area contributed by atoms with Gasteiger partial charge in [0.25, 0.3) is 0 Å². The van der Waals surface area contributed by atoms with Crippen LogP contribution in [-0.2, 0) is 6.54 Å². The lowest BCUT2D eigenvalue weighted by molar-refractivity contribution is 0.959. The molecule has 0 unspecified atom stereocenters. The third-order valence-corrected chi connectivity index (χ3v) is 3.61. The second-order valence-corrected chi connectivity index (χ2v) is 5.39. The van der Waals surface area contributed by atoms with Gasteiger partial charge in [0.1, 0.15) is 0 Å². The van der Waals surface area contributed by atoms with Crippen LogP contribution in [0.2, 0.25) is 5.02 Å².